The lowest BCUT2D eigenvalue weighted by Gasteiger charge is -2.17. The Hall–Kier alpha value is -1.56. The molecule has 0 saturated carbocycles. The molecule has 0 aliphatic carbocycles. The first-order valence-electron chi connectivity index (χ1n) is 7.68. The zero-order valence-corrected chi connectivity index (χ0v) is 13.8. The molecule has 0 aromatic heterocycles. The van der Waals surface area contributed by atoms with E-state index in [1.54, 1.807) is 0 Å². The second-order valence-electron chi connectivity index (χ2n) is 6.01. The van der Waals surface area contributed by atoms with Gasteiger partial charge in [-0.3, -0.25) is 0 Å². The van der Waals surface area contributed by atoms with Crippen LogP contribution in [0.2, 0.25) is 0 Å². The first kappa shape index (κ1) is 16.8. The highest BCUT2D eigenvalue weighted by atomic mass is 32.2. The highest BCUT2D eigenvalue weighted by Gasteiger charge is 2.25. The molecule has 1 fully saturated rings. The second kappa shape index (κ2) is 7.63. The predicted octanol–water partition coefficient (Wildman–Crippen LogP) is 1.70. The summed E-state index contributed by atoms with van der Waals surface area (Å²) in [5.74, 6) is 0.619. The number of likely N-dealkylation sites (tertiary alicyclic amines) is 1. The molecule has 0 radical (unpaired) electrons. The Morgan fingerprint density at radius 1 is 1.32 bits per heavy atom. The van der Waals surface area contributed by atoms with E-state index >= 15 is 0 Å². The number of carbonyl (C=O) groups excluding carboxylic acids is 1. The summed E-state index contributed by atoms with van der Waals surface area (Å²) in [5, 5.41) is 2.80. The maximum atomic E-state index is 12.0. The Morgan fingerprint density at radius 3 is 2.73 bits per heavy atom. The van der Waals surface area contributed by atoms with Crippen LogP contribution in [0.1, 0.15) is 18.4 Å². The maximum absolute atomic E-state index is 12.0. The van der Waals surface area contributed by atoms with Gasteiger partial charge < -0.3 is 10.2 Å². The van der Waals surface area contributed by atoms with Gasteiger partial charge in [-0.2, -0.15) is 0 Å². The van der Waals surface area contributed by atoms with Gasteiger partial charge in [-0.05, 0) is 30.7 Å². The number of benzene rings is 1. The fourth-order valence-corrected chi connectivity index (χ4v) is 3.44. The second-order valence-corrected chi connectivity index (χ2v) is 8.27. The average Bonchev–Trinajstić information content (AvgIpc) is 2.92. The third kappa shape index (κ3) is 5.67. The van der Waals surface area contributed by atoms with Crippen LogP contribution in [-0.4, -0.2) is 51.0 Å². The van der Waals surface area contributed by atoms with Gasteiger partial charge in [-0.25, -0.2) is 13.2 Å². The van der Waals surface area contributed by atoms with Gasteiger partial charge >= 0.3 is 6.03 Å². The van der Waals surface area contributed by atoms with Gasteiger partial charge in [0.25, 0.3) is 0 Å². The van der Waals surface area contributed by atoms with Crippen LogP contribution in [0.4, 0.5) is 4.79 Å². The standard InChI is InChI=1S/C16H24N2O3S/c1-22(20,21)11-5-9-17-16(19)18-10-8-15(13-18)12-14-6-3-2-4-7-14/h2-4,6-7,15H,5,8-13H2,1H3,(H,17,19). The van der Waals surface area contributed by atoms with E-state index in [1.165, 1.54) is 11.8 Å². The van der Waals surface area contributed by atoms with E-state index in [4.69, 9.17) is 0 Å². The molecule has 1 unspecified atom stereocenters. The van der Waals surface area contributed by atoms with E-state index in [-0.39, 0.29) is 11.8 Å². The van der Waals surface area contributed by atoms with Crippen LogP contribution in [0, 0.1) is 5.92 Å². The van der Waals surface area contributed by atoms with Gasteiger partial charge in [0.15, 0.2) is 0 Å². The summed E-state index contributed by atoms with van der Waals surface area (Å²) < 4.78 is 22.1. The lowest BCUT2D eigenvalue weighted by Crippen LogP contribution is -2.39. The first-order valence-corrected chi connectivity index (χ1v) is 9.74. The summed E-state index contributed by atoms with van der Waals surface area (Å²) >= 11 is 0. The minimum Gasteiger partial charge on any atom is -0.338 e. The third-order valence-electron chi connectivity index (χ3n) is 3.91. The topological polar surface area (TPSA) is 66.5 Å². The van der Waals surface area contributed by atoms with Crippen molar-refractivity contribution in [2.45, 2.75) is 19.3 Å². The van der Waals surface area contributed by atoms with Crippen LogP contribution in [-0.2, 0) is 16.3 Å². The molecular weight excluding hydrogens is 300 g/mol. The lowest BCUT2D eigenvalue weighted by molar-refractivity contribution is 0.207. The van der Waals surface area contributed by atoms with Crippen molar-refractivity contribution in [2.75, 3.05) is 31.6 Å². The van der Waals surface area contributed by atoms with Gasteiger partial charge in [-0.1, -0.05) is 30.3 Å². The highest BCUT2D eigenvalue weighted by molar-refractivity contribution is 7.90. The van der Waals surface area contributed by atoms with Crippen LogP contribution in [0.15, 0.2) is 30.3 Å². The van der Waals surface area contributed by atoms with Crippen molar-refractivity contribution < 1.29 is 13.2 Å². The highest BCUT2D eigenvalue weighted by Crippen LogP contribution is 2.20. The van der Waals surface area contributed by atoms with Crippen LogP contribution >= 0.6 is 0 Å². The Balaban J connectivity index is 1.70. The Labute approximate surface area is 132 Å². The van der Waals surface area contributed by atoms with Crippen molar-refractivity contribution in [3.63, 3.8) is 0 Å². The smallest absolute Gasteiger partial charge is 0.317 e. The molecule has 1 atom stereocenters. The van der Waals surface area contributed by atoms with Crippen molar-refractivity contribution in [3.8, 4) is 0 Å². The quantitative estimate of drug-likeness (QED) is 0.810. The molecule has 0 bridgehead atoms. The molecule has 2 amide bonds. The summed E-state index contributed by atoms with van der Waals surface area (Å²) in [6.45, 7) is 1.95. The summed E-state index contributed by atoms with van der Waals surface area (Å²) in [6.07, 6.45) is 3.69. The number of hydrogen-bond donors (Lipinski definition) is 1. The van der Waals surface area contributed by atoms with Crippen LogP contribution in [0.25, 0.3) is 0 Å². The summed E-state index contributed by atoms with van der Waals surface area (Å²) in [5.41, 5.74) is 1.31. The van der Waals surface area contributed by atoms with E-state index in [1.807, 2.05) is 23.1 Å². The molecule has 1 N–H and O–H groups in total. The molecule has 22 heavy (non-hydrogen) atoms. The molecule has 1 aliphatic rings. The molecule has 1 heterocycles. The summed E-state index contributed by atoms with van der Waals surface area (Å²) in [7, 11) is -2.95. The lowest BCUT2D eigenvalue weighted by atomic mass is 9.99. The van der Waals surface area contributed by atoms with Crippen LogP contribution in [0.3, 0.4) is 0 Å². The minimum absolute atomic E-state index is 0.0796. The van der Waals surface area contributed by atoms with E-state index < -0.39 is 9.84 Å². The van der Waals surface area contributed by atoms with Crippen molar-refractivity contribution in [3.05, 3.63) is 35.9 Å². The van der Waals surface area contributed by atoms with Crippen molar-refractivity contribution in [1.29, 1.82) is 0 Å². The average molecular weight is 324 g/mol. The van der Waals surface area contributed by atoms with E-state index in [0.29, 0.717) is 18.9 Å². The van der Waals surface area contributed by atoms with Gasteiger partial charge in [0.05, 0.1) is 5.75 Å². The number of rotatable bonds is 6. The van der Waals surface area contributed by atoms with E-state index in [0.717, 1.165) is 25.9 Å². The minimum atomic E-state index is -2.95. The molecule has 1 aromatic rings. The Morgan fingerprint density at radius 2 is 2.05 bits per heavy atom. The van der Waals surface area contributed by atoms with Crippen molar-refractivity contribution in [1.82, 2.24) is 10.2 Å². The molecule has 0 spiro atoms. The first-order chi connectivity index (χ1) is 10.4. The van der Waals surface area contributed by atoms with E-state index in [2.05, 4.69) is 17.4 Å². The Kier molecular flexibility index (Phi) is 5.83. The molecule has 2 rings (SSSR count). The van der Waals surface area contributed by atoms with Crippen molar-refractivity contribution in [2.24, 2.45) is 5.92 Å². The summed E-state index contributed by atoms with van der Waals surface area (Å²) in [4.78, 5) is 13.9. The number of nitrogens with one attached hydrogen (secondary N) is 1. The number of nitrogens with zero attached hydrogens (tertiary/aromatic N) is 1. The molecule has 122 valence electrons. The SMILES string of the molecule is CS(=O)(=O)CCCNC(=O)N1CCC(Cc2ccccc2)C1. The maximum Gasteiger partial charge on any atom is 0.317 e. The monoisotopic (exact) mass is 324 g/mol. The number of urea groups is 1. The number of hydrogen-bond acceptors (Lipinski definition) is 3. The normalized spacial score (nSPS) is 18.4. The van der Waals surface area contributed by atoms with Gasteiger partial charge in [0.2, 0.25) is 0 Å². The number of amides is 2. The van der Waals surface area contributed by atoms with Crippen molar-refractivity contribution >= 4 is 15.9 Å². The largest absolute Gasteiger partial charge is 0.338 e. The fraction of sp³-hybridized carbons (Fsp3) is 0.562. The molecule has 5 nitrogen and oxygen atoms in total. The van der Waals surface area contributed by atoms with Gasteiger partial charge in [0.1, 0.15) is 9.84 Å². The summed E-state index contributed by atoms with van der Waals surface area (Å²) in [6, 6.07) is 10.2. The van der Waals surface area contributed by atoms with Crippen LogP contribution < -0.4 is 5.32 Å². The van der Waals surface area contributed by atoms with Gasteiger partial charge in [0, 0.05) is 25.9 Å². The molecular formula is C16H24N2O3S. The molecule has 1 saturated heterocycles. The van der Waals surface area contributed by atoms with Crippen LogP contribution in [0.5, 0.6) is 0 Å². The zero-order valence-electron chi connectivity index (χ0n) is 13.0. The predicted molar refractivity (Wildman–Crippen MR) is 87.6 cm³/mol. The molecule has 6 heteroatoms. The zero-order chi connectivity index (χ0) is 16.0. The number of carbonyl (C=O) groups is 1. The fourth-order valence-electron chi connectivity index (χ4n) is 2.77. The number of sulfone groups is 1. The molecule has 1 aliphatic heterocycles. The van der Waals surface area contributed by atoms with E-state index in [9.17, 15) is 13.2 Å². The van der Waals surface area contributed by atoms with Gasteiger partial charge in [-0.15, -0.1) is 0 Å². The Bertz CT molecular complexity index is 587. The third-order valence-corrected chi connectivity index (χ3v) is 4.94. The molecule has 1 aromatic carbocycles.